The number of phenols is 2. The molecule has 0 unspecified atom stereocenters. The standard InChI is InChI=1S/C12H17NO4/c1-2-13(6-3-7-14)12(17)10-5-4-9(15)8-11(10)16/h4-5,8,14-16H,2-3,6-7H2,1H3. The van der Waals surface area contributed by atoms with Crippen LogP contribution in [0.15, 0.2) is 18.2 Å². The molecule has 0 saturated heterocycles. The summed E-state index contributed by atoms with van der Waals surface area (Å²) in [5.41, 5.74) is 0.155. The molecule has 94 valence electrons. The summed E-state index contributed by atoms with van der Waals surface area (Å²) in [4.78, 5) is 13.5. The maximum atomic E-state index is 12.0. The number of carbonyl (C=O) groups is 1. The van der Waals surface area contributed by atoms with Crippen molar-refractivity contribution in [1.82, 2.24) is 4.90 Å². The summed E-state index contributed by atoms with van der Waals surface area (Å²) in [6.07, 6.45) is 0.498. The van der Waals surface area contributed by atoms with Gasteiger partial charge in [0.25, 0.3) is 5.91 Å². The second kappa shape index (κ2) is 6.10. The Morgan fingerprint density at radius 1 is 1.35 bits per heavy atom. The first kappa shape index (κ1) is 13.3. The first-order valence-electron chi connectivity index (χ1n) is 5.52. The molecule has 1 aromatic rings. The van der Waals surface area contributed by atoms with E-state index in [1.54, 1.807) is 0 Å². The van der Waals surface area contributed by atoms with Crippen LogP contribution < -0.4 is 0 Å². The lowest BCUT2D eigenvalue weighted by Crippen LogP contribution is -2.32. The molecule has 0 heterocycles. The van der Waals surface area contributed by atoms with Crippen LogP contribution in [0.2, 0.25) is 0 Å². The fraction of sp³-hybridized carbons (Fsp3) is 0.417. The quantitative estimate of drug-likeness (QED) is 0.714. The molecule has 0 aliphatic rings. The van der Waals surface area contributed by atoms with E-state index in [-0.39, 0.29) is 29.6 Å². The summed E-state index contributed by atoms with van der Waals surface area (Å²) in [6.45, 7) is 2.78. The zero-order chi connectivity index (χ0) is 12.8. The van der Waals surface area contributed by atoms with Gasteiger partial charge >= 0.3 is 0 Å². The number of rotatable bonds is 5. The van der Waals surface area contributed by atoms with Crippen LogP contribution in [0.4, 0.5) is 0 Å². The summed E-state index contributed by atoms with van der Waals surface area (Å²) in [6, 6.07) is 3.87. The van der Waals surface area contributed by atoms with E-state index in [0.29, 0.717) is 19.5 Å². The van der Waals surface area contributed by atoms with Crippen LogP contribution in [0.3, 0.4) is 0 Å². The third-order valence-corrected chi connectivity index (χ3v) is 2.47. The minimum Gasteiger partial charge on any atom is -0.508 e. The highest BCUT2D eigenvalue weighted by molar-refractivity contribution is 5.97. The van der Waals surface area contributed by atoms with Crippen LogP contribution in [-0.4, -0.2) is 45.8 Å². The summed E-state index contributed by atoms with van der Waals surface area (Å²) < 4.78 is 0. The zero-order valence-corrected chi connectivity index (χ0v) is 9.76. The normalized spacial score (nSPS) is 10.2. The smallest absolute Gasteiger partial charge is 0.257 e. The number of aliphatic hydroxyl groups is 1. The van der Waals surface area contributed by atoms with Crippen LogP contribution >= 0.6 is 0 Å². The second-order valence-corrected chi connectivity index (χ2v) is 3.66. The molecule has 0 aromatic heterocycles. The molecule has 17 heavy (non-hydrogen) atoms. The van der Waals surface area contributed by atoms with Crippen LogP contribution in [0.1, 0.15) is 23.7 Å². The molecule has 0 radical (unpaired) electrons. The molecule has 5 heteroatoms. The largest absolute Gasteiger partial charge is 0.508 e. The van der Waals surface area contributed by atoms with Gasteiger partial charge in [0.2, 0.25) is 0 Å². The Morgan fingerprint density at radius 3 is 2.59 bits per heavy atom. The van der Waals surface area contributed by atoms with E-state index in [9.17, 15) is 9.90 Å². The number of amides is 1. The number of benzene rings is 1. The molecule has 1 aromatic carbocycles. The number of hydrogen-bond acceptors (Lipinski definition) is 4. The van der Waals surface area contributed by atoms with E-state index >= 15 is 0 Å². The summed E-state index contributed by atoms with van der Waals surface area (Å²) in [5.74, 6) is -0.631. The van der Waals surface area contributed by atoms with Gasteiger partial charge in [-0.3, -0.25) is 4.79 Å². The maximum absolute atomic E-state index is 12.0. The molecular formula is C12H17NO4. The van der Waals surface area contributed by atoms with Crippen molar-refractivity contribution >= 4 is 5.91 Å². The highest BCUT2D eigenvalue weighted by atomic mass is 16.3. The average molecular weight is 239 g/mol. The molecule has 1 amide bonds. The first-order valence-corrected chi connectivity index (χ1v) is 5.52. The summed E-state index contributed by atoms with van der Waals surface area (Å²) in [5, 5.41) is 27.4. The van der Waals surface area contributed by atoms with Gasteiger partial charge in [0.1, 0.15) is 11.5 Å². The van der Waals surface area contributed by atoms with Gasteiger partial charge in [0.15, 0.2) is 0 Å². The fourth-order valence-corrected chi connectivity index (χ4v) is 1.54. The Labute approximate surface area is 99.9 Å². The third kappa shape index (κ3) is 3.35. The third-order valence-electron chi connectivity index (χ3n) is 2.47. The van der Waals surface area contributed by atoms with E-state index in [0.717, 1.165) is 6.07 Å². The van der Waals surface area contributed by atoms with Crippen molar-refractivity contribution in [2.45, 2.75) is 13.3 Å². The van der Waals surface area contributed by atoms with E-state index in [2.05, 4.69) is 0 Å². The molecule has 0 fully saturated rings. The molecule has 0 aliphatic heterocycles. The van der Waals surface area contributed by atoms with Gasteiger partial charge in [-0.25, -0.2) is 0 Å². The topological polar surface area (TPSA) is 81.0 Å². The number of nitrogens with zero attached hydrogens (tertiary/aromatic N) is 1. The van der Waals surface area contributed by atoms with Crippen molar-refractivity contribution in [2.24, 2.45) is 0 Å². The Morgan fingerprint density at radius 2 is 2.06 bits per heavy atom. The highest BCUT2D eigenvalue weighted by Crippen LogP contribution is 2.23. The minimum atomic E-state index is -0.307. The Balaban J connectivity index is 2.86. The van der Waals surface area contributed by atoms with E-state index in [1.165, 1.54) is 17.0 Å². The van der Waals surface area contributed by atoms with Crippen molar-refractivity contribution < 1.29 is 20.1 Å². The van der Waals surface area contributed by atoms with Gasteiger partial charge in [-0.2, -0.15) is 0 Å². The van der Waals surface area contributed by atoms with Crippen molar-refractivity contribution in [1.29, 1.82) is 0 Å². The molecular weight excluding hydrogens is 222 g/mol. The highest BCUT2D eigenvalue weighted by Gasteiger charge is 2.17. The van der Waals surface area contributed by atoms with Crippen molar-refractivity contribution in [2.75, 3.05) is 19.7 Å². The number of aromatic hydroxyl groups is 2. The first-order chi connectivity index (χ1) is 8.10. The lowest BCUT2D eigenvalue weighted by Gasteiger charge is -2.20. The van der Waals surface area contributed by atoms with Gasteiger partial charge in [-0.05, 0) is 25.5 Å². The van der Waals surface area contributed by atoms with Crippen molar-refractivity contribution in [3.63, 3.8) is 0 Å². The van der Waals surface area contributed by atoms with E-state index < -0.39 is 0 Å². The summed E-state index contributed by atoms with van der Waals surface area (Å²) in [7, 11) is 0. The lowest BCUT2D eigenvalue weighted by atomic mass is 10.1. The zero-order valence-electron chi connectivity index (χ0n) is 9.76. The predicted molar refractivity (Wildman–Crippen MR) is 63.1 cm³/mol. The molecule has 0 aliphatic carbocycles. The summed E-state index contributed by atoms with van der Waals surface area (Å²) >= 11 is 0. The van der Waals surface area contributed by atoms with Gasteiger partial charge in [-0.15, -0.1) is 0 Å². The van der Waals surface area contributed by atoms with Crippen molar-refractivity contribution in [3.8, 4) is 11.5 Å². The van der Waals surface area contributed by atoms with Gasteiger partial charge < -0.3 is 20.2 Å². The average Bonchev–Trinajstić information content (AvgIpc) is 2.29. The van der Waals surface area contributed by atoms with Gasteiger partial charge in [-0.1, -0.05) is 0 Å². The molecule has 1 rings (SSSR count). The van der Waals surface area contributed by atoms with Crippen LogP contribution in [0, 0.1) is 0 Å². The number of phenolic OH excluding ortho intramolecular Hbond substituents is 2. The molecule has 3 N–H and O–H groups in total. The minimum absolute atomic E-state index is 0.0192. The van der Waals surface area contributed by atoms with E-state index in [4.69, 9.17) is 10.2 Å². The van der Waals surface area contributed by atoms with E-state index in [1.807, 2.05) is 6.92 Å². The predicted octanol–water partition coefficient (Wildman–Crippen LogP) is 0.942. The molecule has 0 spiro atoms. The van der Waals surface area contributed by atoms with Gasteiger partial charge in [0.05, 0.1) is 5.56 Å². The number of aliphatic hydroxyl groups excluding tert-OH is 1. The SMILES string of the molecule is CCN(CCCO)C(=O)c1ccc(O)cc1O. The van der Waals surface area contributed by atoms with Gasteiger partial charge in [0, 0.05) is 25.8 Å². The fourth-order valence-electron chi connectivity index (χ4n) is 1.54. The van der Waals surface area contributed by atoms with Crippen LogP contribution in [-0.2, 0) is 0 Å². The second-order valence-electron chi connectivity index (χ2n) is 3.66. The van der Waals surface area contributed by atoms with Crippen molar-refractivity contribution in [3.05, 3.63) is 23.8 Å². The van der Waals surface area contributed by atoms with Crippen LogP contribution in [0.25, 0.3) is 0 Å². The monoisotopic (exact) mass is 239 g/mol. The lowest BCUT2D eigenvalue weighted by molar-refractivity contribution is 0.0751. The number of hydrogen-bond donors (Lipinski definition) is 3. The Bertz CT molecular complexity index is 392. The molecule has 0 bridgehead atoms. The Kier molecular flexibility index (Phi) is 4.78. The maximum Gasteiger partial charge on any atom is 0.257 e. The molecule has 5 nitrogen and oxygen atoms in total. The molecule has 0 atom stereocenters. The number of carbonyl (C=O) groups excluding carboxylic acids is 1. The van der Waals surface area contributed by atoms with Crippen LogP contribution in [0.5, 0.6) is 11.5 Å². The molecule has 0 saturated carbocycles. The Hall–Kier alpha value is -1.75.